The van der Waals surface area contributed by atoms with Crippen molar-refractivity contribution in [3.05, 3.63) is 30.0 Å². The Balaban J connectivity index is 2.31. The third kappa shape index (κ3) is 2.08. The van der Waals surface area contributed by atoms with Gasteiger partial charge in [0, 0.05) is 18.9 Å². The number of rotatable bonds is 4. The lowest BCUT2D eigenvalue weighted by atomic mass is 10.1. The average Bonchev–Trinajstić information content (AvgIpc) is 2.57. The molecule has 2 aromatic rings. The van der Waals surface area contributed by atoms with Crippen LogP contribution in [0, 0.1) is 0 Å². The Morgan fingerprint density at radius 3 is 2.94 bits per heavy atom. The highest BCUT2D eigenvalue weighted by molar-refractivity contribution is 5.81. The van der Waals surface area contributed by atoms with Gasteiger partial charge in [-0.15, -0.1) is 0 Å². The van der Waals surface area contributed by atoms with Crippen molar-refractivity contribution in [2.45, 2.75) is 18.9 Å². The van der Waals surface area contributed by atoms with Crippen LogP contribution in [0.2, 0.25) is 0 Å². The Morgan fingerprint density at radius 2 is 2.19 bits per heavy atom. The summed E-state index contributed by atoms with van der Waals surface area (Å²) in [6.45, 7) is 0.506. The SMILES string of the molecule is Cn1nc(CC(O)CCN)c2ccccc21. The number of nitrogens with zero attached hydrogens (tertiary/aromatic N) is 2. The van der Waals surface area contributed by atoms with Gasteiger partial charge in [0.25, 0.3) is 0 Å². The maximum atomic E-state index is 9.74. The first-order chi connectivity index (χ1) is 7.72. The molecule has 4 nitrogen and oxygen atoms in total. The number of aryl methyl sites for hydroxylation is 1. The summed E-state index contributed by atoms with van der Waals surface area (Å²) in [6, 6.07) is 8.04. The molecule has 1 atom stereocenters. The van der Waals surface area contributed by atoms with E-state index in [1.54, 1.807) is 0 Å². The van der Waals surface area contributed by atoms with Crippen molar-refractivity contribution >= 4 is 10.9 Å². The van der Waals surface area contributed by atoms with Gasteiger partial charge < -0.3 is 10.8 Å². The molecule has 0 radical (unpaired) electrons. The van der Waals surface area contributed by atoms with Crippen molar-refractivity contribution in [1.82, 2.24) is 9.78 Å². The number of hydrogen-bond donors (Lipinski definition) is 2. The molecule has 1 heterocycles. The lowest BCUT2D eigenvalue weighted by Gasteiger charge is -2.06. The Morgan fingerprint density at radius 1 is 1.44 bits per heavy atom. The summed E-state index contributed by atoms with van der Waals surface area (Å²) in [6.07, 6.45) is 0.784. The van der Waals surface area contributed by atoms with Crippen LogP contribution in [-0.2, 0) is 13.5 Å². The van der Waals surface area contributed by atoms with E-state index in [9.17, 15) is 5.11 Å². The number of hydrogen-bond acceptors (Lipinski definition) is 3. The minimum Gasteiger partial charge on any atom is -0.393 e. The Bertz CT molecular complexity index is 478. The van der Waals surface area contributed by atoms with Gasteiger partial charge in [0.2, 0.25) is 0 Å². The second kappa shape index (κ2) is 4.63. The summed E-state index contributed by atoms with van der Waals surface area (Å²) >= 11 is 0. The second-order valence-corrected chi connectivity index (χ2v) is 4.02. The molecule has 1 aromatic heterocycles. The molecule has 3 N–H and O–H groups in total. The van der Waals surface area contributed by atoms with E-state index in [1.165, 1.54) is 0 Å². The molecule has 0 spiro atoms. The summed E-state index contributed by atoms with van der Waals surface area (Å²) in [5.74, 6) is 0. The minimum absolute atomic E-state index is 0.400. The van der Waals surface area contributed by atoms with Gasteiger partial charge >= 0.3 is 0 Å². The molecule has 16 heavy (non-hydrogen) atoms. The standard InChI is InChI=1S/C12H17N3O/c1-15-12-5-3-2-4-10(12)11(14-15)8-9(16)6-7-13/h2-5,9,16H,6-8,13H2,1H3. The maximum Gasteiger partial charge on any atom is 0.0728 e. The van der Waals surface area contributed by atoms with Crippen molar-refractivity contribution in [2.75, 3.05) is 6.54 Å². The summed E-state index contributed by atoms with van der Waals surface area (Å²) in [4.78, 5) is 0. The van der Waals surface area contributed by atoms with Gasteiger partial charge in [0.15, 0.2) is 0 Å². The molecule has 1 aromatic carbocycles. The van der Waals surface area contributed by atoms with Gasteiger partial charge in [0.1, 0.15) is 0 Å². The monoisotopic (exact) mass is 219 g/mol. The number of benzene rings is 1. The molecule has 0 saturated heterocycles. The summed E-state index contributed by atoms with van der Waals surface area (Å²) in [5.41, 5.74) is 7.45. The van der Waals surface area contributed by atoms with E-state index < -0.39 is 6.10 Å². The van der Waals surface area contributed by atoms with E-state index in [0.29, 0.717) is 19.4 Å². The summed E-state index contributed by atoms with van der Waals surface area (Å²) in [5, 5.41) is 15.3. The van der Waals surface area contributed by atoms with E-state index in [-0.39, 0.29) is 0 Å². The minimum atomic E-state index is -0.400. The highest BCUT2D eigenvalue weighted by Crippen LogP contribution is 2.18. The summed E-state index contributed by atoms with van der Waals surface area (Å²) < 4.78 is 1.85. The lowest BCUT2D eigenvalue weighted by molar-refractivity contribution is 0.166. The van der Waals surface area contributed by atoms with E-state index in [4.69, 9.17) is 5.73 Å². The molecule has 0 saturated carbocycles. The van der Waals surface area contributed by atoms with Gasteiger partial charge in [-0.3, -0.25) is 4.68 Å². The molecule has 0 fully saturated rings. The highest BCUT2D eigenvalue weighted by Gasteiger charge is 2.11. The molecule has 0 aliphatic rings. The van der Waals surface area contributed by atoms with E-state index in [1.807, 2.05) is 36.0 Å². The average molecular weight is 219 g/mol. The third-order valence-electron chi connectivity index (χ3n) is 2.76. The molecule has 4 heteroatoms. The predicted molar refractivity (Wildman–Crippen MR) is 64.1 cm³/mol. The van der Waals surface area contributed by atoms with Crippen LogP contribution in [0.15, 0.2) is 24.3 Å². The van der Waals surface area contributed by atoms with Gasteiger partial charge in [-0.05, 0) is 19.0 Å². The quantitative estimate of drug-likeness (QED) is 0.800. The van der Waals surface area contributed by atoms with Crippen LogP contribution in [0.25, 0.3) is 10.9 Å². The van der Waals surface area contributed by atoms with Crippen molar-refractivity contribution < 1.29 is 5.11 Å². The second-order valence-electron chi connectivity index (χ2n) is 4.02. The van der Waals surface area contributed by atoms with E-state index >= 15 is 0 Å². The summed E-state index contributed by atoms with van der Waals surface area (Å²) in [7, 11) is 1.92. The van der Waals surface area contributed by atoms with Crippen LogP contribution in [0.3, 0.4) is 0 Å². The molecule has 0 amide bonds. The van der Waals surface area contributed by atoms with Crippen molar-refractivity contribution in [2.24, 2.45) is 12.8 Å². The number of aliphatic hydroxyl groups excluding tert-OH is 1. The van der Waals surface area contributed by atoms with Crippen molar-refractivity contribution in [3.8, 4) is 0 Å². The fourth-order valence-electron chi connectivity index (χ4n) is 1.96. The molecular formula is C12H17N3O. The fraction of sp³-hybridized carbons (Fsp3) is 0.417. The topological polar surface area (TPSA) is 64.1 Å². The van der Waals surface area contributed by atoms with Crippen LogP contribution >= 0.6 is 0 Å². The number of aliphatic hydroxyl groups is 1. The van der Waals surface area contributed by atoms with Crippen LogP contribution in [0.4, 0.5) is 0 Å². The molecule has 2 rings (SSSR count). The first-order valence-corrected chi connectivity index (χ1v) is 5.51. The molecular weight excluding hydrogens is 202 g/mol. The highest BCUT2D eigenvalue weighted by atomic mass is 16.3. The van der Waals surface area contributed by atoms with Crippen LogP contribution in [0.1, 0.15) is 12.1 Å². The molecule has 0 aliphatic heterocycles. The first-order valence-electron chi connectivity index (χ1n) is 5.51. The number of nitrogens with two attached hydrogens (primary N) is 1. The number of aromatic nitrogens is 2. The number of fused-ring (bicyclic) bond motifs is 1. The molecule has 1 unspecified atom stereocenters. The largest absolute Gasteiger partial charge is 0.393 e. The molecule has 86 valence electrons. The van der Waals surface area contributed by atoms with Crippen LogP contribution in [-0.4, -0.2) is 27.5 Å². The van der Waals surface area contributed by atoms with Crippen molar-refractivity contribution in [1.29, 1.82) is 0 Å². The van der Waals surface area contributed by atoms with Gasteiger partial charge in [-0.1, -0.05) is 18.2 Å². The zero-order valence-electron chi connectivity index (χ0n) is 9.43. The number of para-hydroxylation sites is 1. The lowest BCUT2D eigenvalue weighted by Crippen LogP contribution is -2.16. The fourth-order valence-corrected chi connectivity index (χ4v) is 1.96. The smallest absolute Gasteiger partial charge is 0.0728 e. The normalized spacial score (nSPS) is 13.2. The first kappa shape index (κ1) is 11.1. The predicted octanol–water partition coefficient (Wildman–Crippen LogP) is 0.826. The third-order valence-corrected chi connectivity index (χ3v) is 2.76. The van der Waals surface area contributed by atoms with Crippen LogP contribution in [0.5, 0.6) is 0 Å². The Hall–Kier alpha value is -1.39. The molecule has 0 aliphatic carbocycles. The van der Waals surface area contributed by atoms with Gasteiger partial charge in [-0.2, -0.15) is 5.10 Å². The van der Waals surface area contributed by atoms with Gasteiger partial charge in [0.05, 0.1) is 17.3 Å². The molecule has 0 bridgehead atoms. The van der Waals surface area contributed by atoms with E-state index in [0.717, 1.165) is 16.6 Å². The van der Waals surface area contributed by atoms with Crippen LogP contribution < -0.4 is 5.73 Å². The van der Waals surface area contributed by atoms with Crippen molar-refractivity contribution in [3.63, 3.8) is 0 Å². The zero-order chi connectivity index (χ0) is 11.5. The van der Waals surface area contributed by atoms with E-state index in [2.05, 4.69) is 5.10 Å². The van der Waals surface area contributed by atoms with Gasteiger partial charge in [-0.25, -0.2) is 0 Å². The maximum absolute atomic E-state index is 9.74. The zero-order valence-corrected chi connectivity index (χ0v) is 9.43. The Labute approximate surface area is 94.7 Å². The Kier molecular flexibility index (Phi) is 3.22.